The van der Waals surface area contributed by atoms with Gasteiger partial charge in [-0.2, -0.15) is 0 Å². The Morgan fingerprint density at radius 1 is 1.44 bits per heavy atom. The predicted molar refractivity (Wildman–Crippen MR) is 66.2 cm³/mol. The van der Waals surface area contributed by atoms with Crippen molar-refractivity contribution in [1.82, 2.24) is 4.90 Å². The lowest BCUT2D eigenvalue weighted by atomic mass is 10.0. The SMILES string of the molecule is CCOCCC(=O)N(C)CCC(N)C(C)C. The highest BCUT2D eigenvalue weighted by Gasteiger charge is 2.12. The third-order valence-electron chi connectivity index (χ3n) is 2.74. The van der Waals surface area contributed by atoms with Gasteiger partial charge in [-0.3, -0.25) is 4.79 Å². The van der Waals surface area contributed by atoms with Crippen LogP contribution in [0.2, 0.25) is 0 Å². The van der Waals surface area contributed by atoms with Crippen LogP contribution in [-0.2, 0) is 9.53 Å². The Kier molecular flexibility index (Phi) is 8.21. The Hall–Kier alpha value is -0.610. The molecule has 0 aromatic heterocycles. The number of amides is 1. The number of carbonyl (C=O) groups excluding carboxylic acids is 1. The third kappa shape index (κ3) is 6.80. The predicted octanol–water partition coefficient (Wildman–Crippen LogP) is 1.24. The van der Waals surface area contributed by atoms with Gasteiger partial charge in [0.2, 0.25) is 5.91 Å². The minimum absolute atomic E-state index is 0.129. The van der Waals surface area contributed by atoms with Crippen LogP contribution < -0.4 is 5.73 Å². The molecule has 0 aliphatic carbocycles. The van der Waals surface area contributed by atoms with Crippen molar-refractivity contribution in [3.05, 3.63) is 0 Å². The second-order valence-electron chi connectivity index (χ2n) is 4.46. The van der Waals surface area contributed by atoms with Crippen LogP contribution in [0.15, 0.2) is 0 Å². The van der Waals surface area contributed by atoms with Crippen molar-refractivity contribution < 1.29 is 9.53 Å². The van der Waals surface area contributed by atoms with Crippen LogP contribution in [0.5, 0.6) is 0 Å². The van der Waals surface area contributed by atoms with Crippen molar-refractivity contribution in [2.24, 2.45) is 11.7 Å². The summed E-state index contributed by atoms with van der Waals surface area (Å²) < 4.78 is 5.15. The molecule has 0 aliphatic rings. The van der Waals surface area contributed by atoms with E-state index < -0.39 is 0 Å². The Morgan fingerprint density at radius 2 is 2.06 bits per heavy atom. The fourth-order valence-corrected chi connectivity index (χ4v) is 1.30. The van der Waals surface area contributed by atoms with E-state index in [9.17, 15) is 4.79 Å². The van der Waals surface area contributed by atoms with Crippen LogP contribution in [0, 0.1) is 5.92 Å². The van der Waals surface area contributed by atoms with Crippen LogP contribution in [0.25, 0.3) is 0 Å². The monoisotopic (exact) mass is 230 g/mol. The summed E-state index contributed by atoms with van der Waals surface area (Å²) in [6, 6.07) is 0.169. The average Bonchev–Trinajstić information content (AvgIpc) is 2.25. The number of hydrogen-bond donors (Lipinski definition) is 1. The first-order valence-corrected chi connectivity index (χ1v) is 6.06. The topological polar surface area (TPSA) is 55.6 Å². The highest BCUT2D eigenvalue weighted by molar-refractivity contribution is 5.75. The van der Waals surface area contributed by atoms with E-state index in [1.165, 1.54) is 0 Å². The number of nitrogens with two attached hydrogens (primary N) is 1. The summed E-state index contributed by atoms with van der Waals surface area (Å²) in [4.78, 5) is 13.3. The second-order valence-corrected chi connectivity index (χ2v) is 4.46. The van der Waals surface area contributed by atoms with Crippen LogP contribution in [0.4, 0.5) is 0 Å². The fourth-order valence-electron chi connectivity index (χ4n) is 1.30. The smallest absolute Gasteiger partial charge is 0.224 e. The molecule has 0 rings (SSSR count). The zero-order valence-electron chi connectivity index (χ0n) is 11.0. The van der Waals surface area contributed by atoms with Gasteiger partial charge in [0.1, 0.15) is 0 Å². The van der Waals surface area contributed by atoms with E-state index in [1.807, 2.05) is 14.0 Å². The molecule has 1 amide bonds. The number of ether oxygens (including phenoxy) is 1. The van der Waals surface area contributed by atoms with Crippen molar-refractivity contribution in [3.8, 4) is 0 Å². The summed E-state index contributed by atoms with van der Waals surface area (Å²) in [5, 5.41) is 0. The lowest BCUT2D eigenvalue weighted by molar-refractivity contribution is -0.131. The lowest BCUT2D eigenvalue weighted by Gasteiger charge is -2.21. The van der Waals surface area contributed by atoms with Crippen molar-refractivity contribution >= 4 is 5.91 Å². The minimum atomic E-state index is 0.129. The average molecular weight is 230 g/mol. The minimum Gasteiger partial charge on any atom is -0.381 e. The molecule has 0 saturated heterocycles. The Morgan fingerprint density at radius 3 is 2.56 bits per heavy atom. The third-order valence-corrected chi connectivity index (χ3v) is 2.74. The molecule has 1 atom stereocenters. The maximum atomic E-state index is 11.6. The zero-order chi connectivity index (χ0) is 12.6. The van der Waals surface area contributed by atoms with Gasteiger partial charge in [-0.15, -0.1) is 0 Å². The summed E-state index contributed by atoms with van der Waals surface area (Å²) in [7, 11) is 1.82. The molecular weight excluding hydrogens is 204 g/mol. The van der Waals surface area contributed by atoms with Crippen LogP contribution in [0.3, 0.4) is 0 Å². The maximum Gasteiger partial charge on any atom is 0.224 e. The van der Waals surface area contributed by atoms with Gasteiger partial charge >= 0.3 is 0 Å². The second kappa shape index (κ2) is 8.53. The van der Waals surface area contributed by atoms with Gasteiger partial charge in [0.25, 0.3) is 0 Å². The first kappa shape index (κ1) is 15.4. The van der Waals surface area contributed by atoms with Gasteiger partial charge in [0.15, 0.2) is 0 Å². The molecule has 2 N–H and O–H groups in total. The van der Waals surface area contributed by atoms with E-state index in [0.717, 1.165) is 13.0 Å². The summed E-state index contributed by atoms with van der Waals surface area (Å²) in [6.45, 7) is 8.02. The molecule has 0 spiro atoms. The molecule has 0 heterocycles. The molecule has 0 saturated carbocycles. The molecule has 0 radical (unpaired) electrons. The highest BCUT2D eigenvalue weighted by atomic mass is 16.5. The van der Waals surface area contributed by atoms with Gasteiger partial charge in [0.05, 0.1) is 13.0 Å². The molecule has 0 aromatic carbocycles. The molecule has 4 heteroatoms. The highest BCUT2D eigenvalue weighted by Crippen LogP contribution is 2.04. The molecule has 0 aromatic rings. The molecule has 0 aliphatic heterocycles. The maximum absolute atomic E-state index is 11.6. The summed E-state index contributed by atoms with van der Waals surface area (Å²) in [5.74, 6) is 0.594. The number of nitrogens with zero attached hydrogens (tertiary/aromatic N) is 1. The number of rotatable bonds is 8. The van der Waals surface area contributed by atoms with E-state index >= 15 is 0 Å². The Balaban J connectivity index is 3.70. The Bertz CT molecular complexity index is 195. The normalized spacial score (nSPS) is 12.9. The van der Waals surface area contributed by atoms with E-state index in [4.69, 9.17) is 10.5 Å². The van der Waals surface area contributed by atoms with Crippen LogP contribution >= 0.6 is 0 Å². The van der Waals surface area contributed by atoms with Crippen molar-refractivity contribution in [2.75, 3.05) is 26.8 Å². The first-order chi connectivity index (χ1) is 7.49. The molecule has 0 fully saturated rings. The van der Waals surface area contributed by atoms with Crippen molar-refractivity contribution in [2.45, 2.75) is 39.7 Å². The van der Waals surface area contributed by atoms with Crippen molar-refractivity contribution in [3.63, 3.8) is 0 Å². The van der Waals surface area contributed by atoms with Gasteiger partial charge in [0, 0.05) is 26.2 Å². The molecule has 96 valence electrons. The van der Waals surface area contributed by atoms with Gasteiger partial charge in [-0.25, -0.2) is 0 Å². The largest absolute Gasteiger partial charge is 0.381 e. The van der Waals surface area contributed by atoms with E-state index in [-0.39, 0.29) is 11.9 Å². The van der Waals surface area contributed by atoms with E-state index in [2.05, 4.69) is 13.8 Å². The summed E-state index contributed by atoms with van der Waals surface area (Å²) in [6.07, 6.45) is 1.32. The van der Waals surface area contributed by atoms with E-state index in [1.54, 1.807) is 4.90 Å². The Labute approximate surface area is 99.1 Å². The first-order valence-electron chi connectivity index (χ1n) is 6.06. The van der Waals surface area contributed by atoms with Gasteiger partial charge in [-0.05, 0) is 19.3 Å². The van der Waals surface area contributed by atoms with E-state index in [0.29, 0.717) is 25.6 Å². The number of hydrogen-bond acceptors (Lipinski definition) is 3. The fraction of sp³-hybridized carbons (Fsp3) is 0.917. The van der Waals surface area contributed by atoms with Gasteiger partial charge in [-0.1, -0.05) is 13.8 Å². The van der Waals surface area contributed by atoms with Gasteiger partial charge < -0.3 is 15.4 Å². The lowest BCUT2D eigenvalue weighted by Crippen LogP contribution is -2.35. The molecule has 0 bridgehead atoms. The zero-order valence-corrected chi connectivity index (χ0v) is 11.0. The summed E-state index contributed by atoms with van der Waals surface area (Å²) >= 11 is 0. The van der Waals surface area contributed by atoms with Crippen LogP contribution in [-0.4, -0.2) is 43.7 Å². The quantitative estimate of drug-likeness (QED) is 0.638. The molecule has 4 nitrogen and oxygen atoms in total. The van der Waals surface area contributed by atoms with Crippen molar-refractivity contribution in [1.29, 1.82) is 0 Å². The molecule has 16 heavy (non-hydrogen) atoms. The summed E-state index contributed by atoms with van der Waals surface area (Å²) in [5.41, 5.74) is 5.92. The molecular formula is C12H26N2O2. The number of carbonyl (C=O) groups is 1. The van der Waals surface area contributed by atoms with Crippen LogP contribution in [0.1, 0.15) is 33.6 Å². The standard InChI is InChI=1S/C12H26N2O2/c1-5-16-9-7-12(15)14(4)8-6-11(13)10(2)3/h10-11H,5-9,13H2,1-4H3. The molecule has 1 unspecified atom stereocenters.